The Balaban J connectivity index is 1.91. The molecule has 1 N–H and O–H groups in total. The van der Waals surface area contributed by atoms with Gasteiger partial charge in [-0.05, 0) is 50.8 Å². The van der Waals surface area contributed by atoms with Crippen molar-refractivity contribution < 1.29 is 14.6 Å². The van der Waals surface area contributed by atoms with Gasteiger partial charge in [0.25, 0.3) is 0 Å². The van der Waals surface area contributed by atoms with Crippen LogP contribution < -0.4 is 4.74 Å². The topological polar surface area (TPSA) is 49.8 Å². The third-order valence-corrected chi connectivity index (χ3v) is 4.02. The monoisotopic (exact) mass is 277 g/mol. The van der Waals surface area contributed by atoms with E-state index in [-0.39, 0.29) is 6.10 Å². The van der Waals surface area contributed by atoms with Gasteiger partial charge in [-0.25, -0.2) is 0 Å². The lowest BCUT2D eigenvalue weighted by Crippen LogP contribution is -2.46. The van der Waals surface area contributed by atoms with Gasteiger partial charge < -0.3 is 9.84 Å². The molecule has 0 unspecified atom stereocenters. The summed E-state index contributed by atoms with van der Waals surface area (Å²) in [6, 6.07) is 5.82. The van der Waals surface area contributed by atoms with E-state index in [2.05, 4.69) is 32.0 Å². The maximum atomic E-state index is 11.0. The van der Waals surface area contributed by atoms with Crippen molar-refractivity contribution in [3.05, 3.63) is 29.3 Å². The Morgan fingerprint density at radius 1 is 1.35 bits per heavy atom. The highest BCUT2D eigenvalue weighted by Gasteiger charge is 2.27. The molecule has 0 bridgehead atoms. The number of aryl methyl sites for hydroxylation is 2. The van der Waals surface area contributed by atoms with Gasteiger partial charge in [0, 0.05) is 13.1 Å². The van der Waals surface area contributed by atoms with Crippen LogP contribution in [0.3, 0.4) is 0 Å². The first-order valence-corrected chi connectivity index (χ1v) is 7.18. The average Bonchev–Trinajstić information content (AvgIpc) is 2.43. The number of nitrogens with zero attached hydrogens (tertiary/aromatic N) is 1. The van der Waals surface area contributed by atoms with Crippen LogP contribution in [0.1, 0.15) is 30.9 Å². The molecule has 1 saturated heterocycles. The fourth-order valence-electron chi connectivity index (χ4n) is 2.55. The second kappa shape index (κ2) is 6.27. The molecule has 1 atom stereocenters. The van der Waals surface area contributed by atoms with Crippen molar-refractivity contribution in [3.8, 4) is 5.75 Å². The maximum absolute atomic E-state index is 11.0. The zero-order chi connectivity index (χ0) is 14.7. The van der Waals surface area contributed by atoms with E-state index in [0.29, 0.717) is 0 Å². The van der Waals surface area contributed by atoms with Crippen molar-refractivity contribution in [3.63, 3.8) is 0 Å². The molecule has 1 aromatic rings. The standard InChI is InChI=1S/C16H23NO3/c1-11-4-5-12(2)15(10-11)20-14-6-8-17(9-7-14)13(3)16(18)19/h4-5,10,13-14H,6-9H2,1-3H3,(H,18,19)/t13-/m0/s1. The van der Waals surface area contributed by atoms with Gasteiger partial charge in [0.2, 0.25) is 0 Å². The smallest absolute Gasteiger partial charge is 0.320 e. The molecule has 0 radical (unpaired) electrons. The van der Waals surface area contributed by atoms with Crippen LogP contribution in [0.15, 0.2) is 18.2 Å². The molecule has 0 amide bonds. The van der Waals surface area contributed by atoms with Gasteiger partial charge in [0.1, 0.15) is 17.9 Å². The number of rotatable bonds is 4. The number of hydrogen-bond acceptors (Lipinski definition) is 3. The van der Waals surface area contributed by atoms with E-state index in [0.717, 1.165) is 37.2 Å². The summed E-state index contributed by atoms with van der Waals surface area (Å²) in [5, 5.41) is 9.03. The summed E-state index contributed by atoms with van der Waals surface area (Å²) in [4.78, 5) is 13.0. The molecule has 2 rings (SSSR count). The van der Waals surface area contributed by atoms with Gasteiger partial charge in [-0.2, -0.15) is 0 Å². The molecule has 0 saturated carbocycles. The zero-order valence-electron chi connectivity index (χ0n) is 12.4. The molecule has 1 aliphatic heterocycles. The van der Waals surface area contributed by atoms with Crippen LogP contribution in [-0.4, -0.2) is 41.2 Å². The van der Waals surface area contributed by atoms with Crippen molar-refractivity contribution >= 4 is 5.97 Å². The van der Waals surface area contributed by atoms with Gasteiger partial charge in [0.05, 0.1) is 0 Å². The van der Waals surface area contributed by atoms with Crippen molar-refractivity contribution in [2.45, 2.75) is 45.8 Å². The van der Waals surface area contributed by atoms with Gasteiger partial charge in [-0.1, -0.05) is 12.1 Å². The van der Waals surface area contributed by atoms with Crippen LogP contribution in [0, 0.1) is 13.8 Å². The summed E-state index contributed by atoms with van der Waals surface area (Å²) in [6.45, 7) is 7.42. The number of likely N-dealkylation sites (tertiary alicyclic amines) is 1. The Morgan fingerprint density at radius 3 is 2.60 bits per heavy atom. The van der Waals surface area contributed by atoms with Gasteiger partial charge in [-0.3, -0.25) is 9.69 Å². The molecular formula is C16H23NO3. The van der Waals surface area contributed by atoms with Crippen molar-refractivity contribution in [2.75, 3.05) is 13.1 Å². The van der Waals surface area contributed by atoms with Crippen LogP contribution in [0.5, 0.6) is 5.75 Å². The average molecular weight is 277 g/mol. The first-order valence-electron chi connectivity index (χ1n) is 7.18. The van der Waals surface area contributed by atoms with E-state index in [1.807, 2.05) is 4.90 Å². The van der Waals surface area contributed by atoms with Crippen LogP contribution in [0.2, 0.25) is 0 Å². The lowest BCUT2D eigenvalue weighted by atomic mass is 10.1. The quantitative estimate of drug-likeness (QED) is 0.919. The van der Waals surface area contributed by atoms with Gasteiger partial charge >= 0.3 is 5.97 Å². The Kier molecular flexibility index (Phi) is 4.65. The first kappa shape index (κ1) is 14.9. The van der Waals surface area contributed by atoms with Crippen LogP contribution >= 0.6 is 0 Å². The maximum Gasteiger partial charge on any atom is 0.320 e. The number of carbonyl (C=O) groups is 1. The highest BCUT2D eigenvalue weighted by molar-refractivity contribution is 5.72. The molecule has 4 nitrogen and oxygen atoms in total. The van der Waals surface area contributed by atoms with Crippen molar-refractivity contribution in [2.24, 2.45) is 0 Å². The Morgan fingerprint density at radius 2 is 2.00 bits per heavy atom. The van der Waals surface area contributed by atoms with Gasteiger partial charge in [-0.15, -0.1) is 0 Å². The molecule has 0 aliphatic carbocycles. The van der Waals surface area contributed by atoms with Crippen LogP contribution in [0.4, 0.5) is 0 Å². The number of ether oxygens (including phenoxy) is 1. The van der Waals surface area contributed by atoms with Crippen molar-refractivity contribution in [1.82, 2.24) is 4.90 Å². The Hall–Kier alpha value is -1.55. The summed E-state index contributed by atoms with van der Waals surface area (Å²) >= 11 is 0. The highest BCUT2D eigenvalue weighted by Crippen LogP contribution is 2.24. The highest BCUT2D eigenvalue weighted by atomic mass is 16.5. The predicted molar refractivity (Wildman–Crippen MR) is 78.2 cm³/mol. The second-order valence-electron chi connectivity index (χ2n) is 5.64. The number of piperidine rings is 1. The minimum absolute atomic E-state index is 0.188. The third-order valence-electron chi connectivity index (χ3n) is 4.02. The Bertz CT molecular complexity index is 479. The Labute approximate surface area is 120 Å². The molecule has 0 aromatic heterocycles. The molecule has 4 heteroatoms. The molecular weight excluding hydrogens is 254 g/mol. The van der Waals surface area contributed by atoms with E-state index < -0.39 is 12.0 Å². The molecule has 1 aromatic carbocycles. The molecule has 0 spiro atoms. The number of carboxylic acid groups (broad SMARTS) is 1. The summed E-state index contributed by atoms with van der Waals surface area (Å²) in [7, 11) is 0. The van der Waals surface area contributed by atoms with E-state index in [9.17, 15) is 4.79 Å². The number of hydrogen-bond donors (Lipinski definition) is 1. The summed E-state index contributed by atoms with van der Waals surface area (Å²) in [5.74, 6) is 0.202. The second-order valence-corrected chi connectivity index (χ2v) is 5.64. The van der Waals surface area contributed by atoms with Crippen molar-refractivity contribution in [1.29, 1.82) is 0 Å². The molecule has 1 heterocycles. The van der Waals surface area contributed by atoms with E-state index in [4.69, 9.17) is 9.84 Å². The summed E-state index contributed by atoms with van der Waals surface area (Å²) < 4.78 is 6.08. The van der Waals surface area contributed by atoms with Gasteiger partial charge in [0.15, 0.2) is 0 Å². The third kappa shape index (κ3) is 3.51. The molecule has 110 valence electrons. The summed E-state index contributed by atoms with van der Waals surface area (Å²) in [6.07, 6.45) is 1.95. The number of carboxylic acids is 1. The first-order chi connectivity index (χ1) is 9.47. The van der Waals surface area contributed by atoms with E-state index in [1.54, 1.807) is 6.92 Å². The largest absolute Gasteiger partial charge is 0.490 e. The predicted octanol–water partition coefficient (Wildman–Crippen LogP) is 2.62. The normalized spacial score (nSPS) is 18.8. The fraction of sp³-hybridized carbons (Fsp3) is 0.562. The van der Waals surface area contributed by atoms with E-state index >= 15 is 0 Å². The number of benzene rings is 1. The van der Waals surface area contributed by atoms with Crippen LogP contribution in [-0.2, 0) is 4.79 Å². The fourth-order valence-corrected chi connectivity index (χ4v) is 2.55. The van der Waals surface area contributed by atoms with E-state index in [1.165, 1.54) is 5.56 Å². The number of aliphatic carboxylic acids is 1. The minimum Gasteiger partial charge on any atom is -0.490 e. The minimum atomic E-state index is -0.751. The molecule has 1 fully saturated rings. The lowest BCUT2D eigenvalue weighted by molar-refractivity contribution is -0.143. The van der Waals surface area contributed by atoms with Crippen LogP contribution in [0.25, 0.3) is 0 Å². The molecule has 1 aliphatic rings. The zero-order valence-corrected chi connectivity index (χ0v) is 12.4. The summed E-state index contributed by atoms with van der Waals surface area (Å²) in [5.41, 5.74) is 2.35. The molecule has 20 heavy (non-hydrogen) atoms. The lowest BCUT2D eigenvalue weighted by Gasteiger charge is -2.34. The SMILES string of the molecule is Cc1ccc(C)c(OC2CCN([C@@H](C)C(=O)O)CC2)c1.